The first-order valence-electron chi connectivity index (χ1n) is 11.9. The molecule has 0 N–H and O–H groups in total. The maximum atomic E-state index is 10.00. The molecule has 0 aliphatic carbocycles. The lowest BCUT2D eigenvalue weighted by atomic mass is 10.0. The number of benzene rings is 5. The number of fused-ring (bicyclic) bond motifs is 5. The molecule has 0 spiro atoms. The van der Waals surface area contributed by atoms with Crippen LogP contribution in [0.1, 0.15) is 11.1 Å². The monoisotopic (exact) mass is 490 g/mol. The standard InChI is InChI=1S/C32H18N4S/c33-19-21-17-29(35-25-11-3-1-9-23(25)24-10-2-4-12-26(24)35)30(18-22(21)20-34)36-27-13-5-7-15-31(27)37-32-16-8-6-14-28(32)36/h1-18H. The zero-order valence-corrected chi connectivity index (χ0v) is 20.4. The van der Waals surface area contributed by atoms with E-state index in [0.29, 0.717) is 11.1 Å². The summed E-state index contributed by atoms with van der Waals surface area (Å²) in [6.07, 6.45) is 0. The van der Waals surface area contributed by atoms with E-state index in [1.807, 2.05) is 60.7 Å². The molecule has 0 atom stereocenters. The summed E-state index contributed by atoms with van der Waals surface area (Å²) >= 11 is 1.74. The molecule has 1 aliphatic rings. The van der Waals surface area contributed by atoms with Crippen molar-refractivity contribution in [1.82, 2.24) is 4.57 Å². The minimum Gasteiger partial charge on any atom is -0.307 e. The SMILES string of the molecule is N#Cc1cc(N2c3ccccc3Sc3ccccc32)c(-n2c3ccccc3c3ccccc32)cc1C#N. The van der Waals surface area contributed by atoms with Gasteiger partial charge in [0.1, 0.15) is 12.1 Å². The van der Waals surface area contributed by atoms with Crippen LogP contribution in [0.3, 0.4) is 0 Å². The van der Waals surface area contributed by atoms with Crippen LogP contribution in [0.4, 0.5) is 17.1 Å². The lowest BCUT2D eigenvalue weighted by Gasteiger charge is -2.34. The lowest BCUT2D eigenvalue weighted by molar-refractivity contribution is 1.11. The normalized spacial score (nSPS) is 12.1. The van der Waals surface area contributed by atoms with E-state index in [1.165, 1.54) is 0 Å². The molecule has 0 saturated heterocycles. The molecule has 0 radical (unpaired) electrons. The highest BCUT2D eigenvalue weighted by atomic mass is 32.2. The van der Waals surface area contributed by atoms with Gasteiger partial charge in [-0.15, -0.1) is 0 Å². The topological polar surface area (TPSA) is 55.8 Å². The van der Waals surface area contributed by atoms with Crippen molar-refractivity contribution in [2.75, 3.05) is 4.90 Å². The minimum absolute atomic E-state index is 0.357. The van der Waals surface area contributed by atoms with Crippen LogP contribution < -0.4 is 4.90 Å². The molecule has 4 nitrogen and oxygen atoms in total. The van der Waals surface area contributed by atoms with Gasteiger partial charge in [0.2, 0.25) is 0 Å². The second-order valence-corrected chi connectivity index (χ2v) is 9.94. The molecule has 1 aromatic heterocycles. The Hall–Kier alpha value is -4.97. The molecule has 0 bridgehead atoms. The van der Waals surface area contributed by atoms with Crippen LogP contribution in [-0.4, -0.2) is 4.57 Å². The second kappa shape index (κ2) is 8.31. The predicted molar refractivity (Wildman–Crippen MR) is 149 cm³/mol. The number of anilines is 3. The van der Waals surface area contributed by atoms with Crippen molar-refractivity contribution in [2.24, 2.45) is 0 Å². The van der Waals surface area contributed by atoms with Crippen molar-refractivity contribution in [3.05, 3.63) is 120 Å². The molecule has 0 saturated carbocycles. The Bertz CT molecular complexity index is 1860. The van der Waals surface area contributed by atoms with E-state index in [0.717, 1.165) is 54.3 Å². The van der Waals surface area contributed by atoms with Gasteiger partial charge in [0, 0.05) is 20.6 Å². The fourth-order valence-corrected chi connectivity index (χ4v) is 6.32. The van der Waals surface area contributed by atoms with Crippen LogP contribution in [0.2, 0.25) is 0 Å². The highest BCUT2D eigenvalue weighted by Crippen LogP contribution is 2.53. The van der Waals surface area contributed by atoms with E-state index in [1.54, 1.807) is 11.8 Å². The Balaban J connectivity index is 1.64. The van der Waals surface area contributed by atoms with E-state index in [2.05, 4.69) is 70.1 Å². The molecule has 7 rings (SSSR count). The molecule has 172 valence electrons. The van der Waals surface area contributed by atoms with Gasteiger partial charge in [0.05, 0.1) is 44.9 Å². The van der Waals surface area contributed by atoms with Crippen molar-refractivity contribution >= 4 is 50.6 Å². The summed E-state index contributed by atoms with van der Waals surface area (Å²) in [7, 11) is 0. The average Bonchev–Trinajstić information content (AvgIpc) is 3.29. The fraction of sp³-hybridized carbons (Fsp3) is 0. The van der Waals surface area contributed by atoms with Gasteiger partial charge in [-0.05, 0) is 48.5 Å². The van der Waals surface area contributed by atoms with Crippen LogP contribution in [0.5, 0.6) is 0 Å². The van der Waals surface area contributed by atoms with Gasteiger partial charge in [-0.3, -0.25) is 0 Å². The third kappa shape index (κ3) is 3.16. The molecule has 5 heteroatoms. The molecule has 6 aromatic rings. The third-order valence-electron chi connectivity index (χ3n) is 6.85. The van der Waals surface area contributed by atoms with Gasteiger partial charge in [0.25, 0.3) is 0 Å². The molecule has 0 unspecified atom stereocenters. The van der Waals surface area contributed by atoms with E-state index >= 15 is 0 Å². The van der Waals surface area contributed by atoms with Crippen molar-refractivity contribution in [3.63, 3.8) is 0 Å². The Morgan fingerprint density at radius 2 is 0.973 bits per heavy atom. The fourth-order valence-electron chi connectivity index (χ4n) is 5.27. The third-order valence-corrected chi connectivity index (χ3v) is 7.98. The Labute approximate surface area is 218 Å². The van der Waals surface area contributed by atoms with E-state index < -0.39 is 0 Å². The molecular formula is C32H18N4S. The quantitative estimate of drug-likeness (QED) is 0.244. The Morgan fingerprint density at radius 3 is 1.51 bits per heavy atom. The highest BCUT2D eigenvalue weighted by molar-refractivity contribution is 7.99. The predicted octanol–water partition coefficient (Wildman–Crippen LogP) is 8.46. The van der Waals surface area contributed by atoms with Crippen molar-refractivity contribution < 1.29 is 0 Å². The van der Waals surface area contributed by atoms with Crippen molar-refractivity contribution in [2.45, 2.75) is 9.79 Å². The van der Waals surface area contributed by atoms with Gasteiger partial charge < -0.3 is 9.47 Å². The molecule has 1 aliphatic heterocycles. The van der Waals surface area contributed by atoms with E-state index in [-0.39, 0.29) is 0 Å². The molecular weight excluding hydrogens is 472 g/mol. The first-order valence-corrected chi connectivity index (χ1v) is 12.7. The summed E-state index contributed by atoms with van der Waals surface area (Å²) in [4.78, 5) is 4.50. The number of rotatable bonds is 2. The maximum absolute atomic E-state index is 10.00. The van der Waals surface area contributed by atoms with Gasteiger partial charge in [-0.25, -0.2) is 0 Å². The van der Waals surface area contributed by atoms with Crippen LogP contribution >= 0.6 is 11.8 Å². The summed E-state index contributed by atoms with van der Waals surface area (Å²) in [6, 6.07) is 41.5. The van der Waals surface area contributed by atoms with Crippen LogP contribution in [-0.2, 0) is 0 Å². The number of para-hydroxylation sites is 4. The van der Waals surface area contributed by atoms with E-state index in [4.69, 9.17) is 0 Å². The zero-order chi connectivity index (χ0) is 24.9. The Kier molecular flexibility index (Phi) is 4.79. The van der Waals surface area contributed by atoms with Gasteiger partial charge >= 0.3 is 0 Å². The molecule has 5 aromatic carbocycles. The largest absolute Gasteiger partial charge is 0.307 e. The second-order valence-electron chi connectivity index (χ2n) is 8.85. The summed E-state index contributed by atoms with van der Waals surface area (Å²) in [5.41, 5.74) is 6.60. The number of nitriles is 2. The smallest absolute Gasteiger partial charge is 0.101 e. The molecule has 2 heterocycles. The highest BCUT2D eigenvalue weighted by Gasteiger charge is 2.28. The zero-order valence-electron chi connectivity index (χ0n) is 19.6. The number of hydrogen-bond donors (Lipinski definition) is 0. The van der Waals surface area contributed by atoms with Gasteiger partial charge in [0.15, 0.2) is 0 Å². The van der Waals surface area contributed by atoms with Crippen molar-refractivity contribution in [1.29, 1.82) is 10.5 Å². The number of nitrogens with zero attached hydrogens (tertiary/aromatic N) is 4. The minimum atomic E-state index is 0.357. The Morgan fingerprint density at radius 1 is 0.514 bits per heavy atom. The number of hydrogen-bond acceptors (Lipinski definition) is 4. The van der Waals surface area contributed by atoms with Crippen LogP contribution in [0, 0.1) is 22.7 Å². The van der Waals surface area contributed by atoms with Gasteiger partial charge in [-0.1, -0.05) is 72.4 Å². The molecule has 0 amide bonds. The lowest BCUT2D eigenvalue weighted by Crippen LogP contribution is -2.17. The van der Waals surface area contributed by atoms with Crippen molar-refractivity contribution in [3.8, 4) is 17.8 Å². The van der Waals surface area contributed by atoms with Gasteiger partial charge in [-0.2, -0.15) is 10.5 Å². The maximum Gasteiger partial charge on any atom is 0.101 e. The average molecular weight is 491 g/mol. The summed E-state index contributed by atoms with van der Waals surface area (Å²) in [5, 5.41) is 22.3. The number of aromatic nitrogens is 1. The first kappa shape index (κ1) is 21.3. The first-order chi connectivity index (χ1) is 18.3. The van der Waals surface area contributed by atoms with E-state index in [9.17, 15) is 10.5 Å². The summed E-state index contributed by atoms with van der Waals surface area (Å²) in [5.74, 6) is 0. The van der Waals surface area contributed by atoms with Crippen LogP contribution in [0.25, 0.3) is 27.5 Å². The van der Waals surface area contributed by atoms with Crippen LogP contribution in [0.15, 0.2) is 119 Å². The molecule has 0 fully saturated rings. The summed E-state index contributed by atoms with van der Waals surface area (Å²) in [6.45, 7) is 0. The molecule has 37 heavy (non-hydrogen) atoms. The summed E-state index contributed by atoms with van der Waals surface area (Å²) < 4.78 is 2.22.